The van der Waals surface area contributed by atoms with Crippen molar-refractivity contribution in [2.24, 2.45) is 0 Å². The first-order valence-corrected chi connectivity index (χ1v) is 14.4. The van der Waals surface area contributed by atoms with Crippen molar-refractivity contribution in [2.75, 3.05) is 17.1 Å². The van der Waals surface area contributed by atoms with Crippen molar-refractivity contribution in [3.63, 3.8) is 0 Å². The number of hydrogen-bond acceptors (Lipinski definition) is 4. The average molecular weight is 516 g/mol. The predicted molar refractivity (Wildman–Crippen MR) is 146 cm³/mol. The summed E-state index contributed by atoms with van der Waals surface area (Å²) in [5, 5.41) is 2.93. The van der Waals surface area contributed by atoms with E-state index < -0.39 is 16.1 Å². The van der Waals surface area contributed by atoms with Gasteiger partial charge in [-0.2, -0.15) is 0 Å². The summed E-state index contributed by atoms with van der Waals surface area (Å²) >= 11 is 0. The smallest absolute Gasteiger partial charge is 0.243 e. The van der Waals surface area contributed by atoms with Crippen molar-refractivity contribution in [2.45, 2.75) is 79.4 Å². The van der Waals surface area contributed by atoms with E-state index >= 15 is 0 Å². The van der Waals surface area contributed by atoms with Crippen molar-refractivity contribution in [1.82, 2.24) is 10.2 Å². The molecule has 0 spiro atoms. The maximum Gasteiger partial charge on any atom is 0.243 e. The Labute approximate surface area is 216 Å². The minimum absolute atomic E-state index is 0.0380. The fourth-order valence-electron chi connectivity index (χ4n) is 4.29. The second-order valence-corrected chi connectivity index (χ2v) is 11.8. The summed E-state index contributed by atoms with van der Waals surface area (Å²) in [4.78, 5) is 28.0. The lowest BCUT2D eigenvalue weighted by atomic mass is 10.1. The molecule has 198 valence electrons. The standard InChI is InChI=1S/C28H41N3O4S/c1-8-26(28(33)29-20(2)3)30(19-24-13-11-21(4)12-14-24)27(32)10-9-15-31(36(7,34)35)25-17-22(5)16-23(6)18-25/h11-14,16-18,20,26H,8-10,15,19H2,1-7H3,(H,29,33)/t26-/m1/s1. The summed E-state index contributed by atoms with van der Waals surface area (Å²) in [6.45, 7) is 12.0. The number of anilines is 1. The molecule has 1 atom stereocenters. The van der Waals surface area contributed by atoms with Gasteiger partial charge in [-0.1, -0.05) is 42.8 Å². The summed E-state index contributed by atoms with van der Waals surface area (Å²) in [7, 11) is -3.53. The summed E-state index contributed by atoms with van der Waals surface area (Å²) in [5.41, 5.74) is 4.61. The van der Waals surface area contributed by atoms with E-state index in [9.17, 15) is 18.0 Å². The first-order valence-electron chi connectivity index (χ1n) is 12.5. The molecule has 0 aliphatic rings. The Morgan fingerprint density at radius 3 is 2.03 bits per heavy atom. The Morgan fingerprint density at radius 2 is 1.53 bits per heavy atom. The van der Waals surface area contributed by atoms with E-state index in [1.165, 1.54) is 10.6 Å². The summed E-state index contributed by atoms with van der Waals surface area (Å²) in [5.74, 6) is -0.351. The fraction of sp³-hybridized carbons (Fsp3) is 0.500. The van der Waals surface area contributed by atoms with Gasteiger partial charge in [0, 0.05) is 25.6 Å². The normalized spacial score (nSPS) is 12.3. The van der Waals surface area contributed by atoms with Crippen LogP contribution in [0.2, 0.25) is 0 Å². The number of sulfonamides is 1. The van der Waals surface area contributed by atoms with E-state index in [0.717, 1.165) is 22.3 Å². The molecule has 2 rings (SSSR count). The van der Waals surface area contributed by atoms with E-state index in [0.29, 0.717) is 25.1 Å². The van der Waals surface area contributed by atoms with Crippen molar-refractivity contribution in [3.05, 3.63) is 64.7 Å². The second-order valence-electron chi connectivity index (χ2n) is 9.88. The molecule has 0 aliphatic heterocycles. The molecule has 0 bridgehead atoms. The largest absolute Gasteiger partial charge is 0.352 e. The predicted octanol–water partition coefficient (Wildman–Crippen LogP) is 4.49. The van der Waals surface area contributed by atoms with Crippen LogP contribution < -0.4 is 9.62 Å². The van der Waals surface area contributed by atoms with Gasteiger partial charge in [0.25, 0.3) is 0 Å². The van der Waals surface area contributed by atoms with Crippen LogP contribution in [0.15, 0.2) is 42.5 Å². The lowest BCUT2D eigenvalue weighted by Gasteiger charge is -2.31. The molecule has 1 N–H and O–H groups in total. The summed E-state index contributed by atoms with van der Waals surface area (Å²) in [6, 6.07) is 12.9. The van der Waals surface area contributed by atoms with Crippen LogP contribution in [0, 0.1) is 20.8 Å². The highest BCUT2D eigenvalue weighted by Crippen LogP contribution is 2.22. The Hall–Kier alpha value is -2.87. The monoisotopic (exact) mass is 515 g/mol. The molecule has 0 saturated heterocycles. The van der Waals surface area contributed by atoms with E-state index in [4.69, 9.17) is 0 Å². The van der Waals surface area contributed by atoms with Crippen LogP contribution in [0.25, 0.3) is 0 Å². The van der Waals surface area contributed by atoms with Crippen molar-refractivity contribution >= 4 is 27.5 Å². The molecule has 7 nitrogen and oxygen atoms in total. The van der Waals surface area contributed by atoms with Gasteiger partial charge in [-0.05, 0) is 76.3 Å². The molecule has 0 radical (unpaired) electrons. The fourth-order valence-corrected chi connectivity index (χ4v) is 5.24. The third-order valence-electron chi connectivity index (χ3n) is 5.94. The van der Waals surface area contributed by atoms with Gasteiger partial charge in [-0.3, -0.25) is 13.9 Å². The minimum Gasteiger partial charge on any atom is -0.352 e. The number of benzene rings is 2. The van der Waals surface area contributed by atoms with Crippen molar-refractivity contribution < 1.29 is 18.0 Å². The highest BCUT2D eigenvalue weighted by molar-refractivity contribution is 7.92. The van der Waals surface area contributed by atoms with Crippen LogP contribution >= 0.6 is 0 Å². The molecular formula is C28H41N3O4S. The van der Waals surface area contributed by atoms with Crippen LogP contribution in [0.5, 0.6) is 0 Å². The molecule has 0 fully saturated rings. The maximum absolute atomic E-state index is 13.5. The highest BCUT2D eigenvalue weighted by atomic mass is 32.2. The van der Waals surface area contributed by atoms with Crippen LogP contribution in [0.4, 0.5) is 5.69 Å². The highest BCUT2D eigenvalue weighted by Gasteiger charge is 2.29. The molecule has 0 saturated carbocycles. The van der Waals surface area contributed by atoms with Crippen LogP contribution in [-0.2, 0) is 26.2 Å². The number of hydrogen-bond donors (Lipinski definition) is 1. The number of carbonyl (C=O) groups excluding carboxylic acids is 2. The summed E-state index contributed by atoms with van der Waals surface area (Å²) < 4.78 is 26.5. The Bertz CT molecular complexity index is 1120. The van der Waals surface area contributed by atoms with Crippen LogP contribution in [-0.4, -0.2) is 50.0 Å². The minimum atomic E-state index is -3.53. The van der Waals surface area contributed by atoms with Crippen LogP contribution in [0.1, 0.15) is 62.3 Å². The van der Waals surface area contributed by atoms with Crippen molar-refractivity contribution in [1.29, 1.82) is 0 Å². The van der Waals surface area contributed by atoms with Gasteiger partial charge in [0.2, 0.25) is 21.8 Å². The van der Waals surface area contributed by atoms with Gasteiger partial charge < -0.3 is 10.2 Å². The molecule has 8 heteroatoms. The number of amides is 2. The third kappa shape index (κ3) is 8.66. The lowest BCUT2D eigenvalue weighted by Crippen LogP contribution is -2.50. The number of nitrogens with zero attached hydrogens (tertiary/aromatic N) is 2. The average Bonchev–Trinajstić information content (AvgIpc) is 2.75. The molecule has 2 amide bonds. The molecular weight excluding hydrogens is 474 g/mol. The van der Waals surface area contributed by atoms with Gasteiger partial charge in [0.1, 0.15) is 6.04 Å². The molecule has 2 aromatic rings. The molecule has 36 heavy (non-hydrogen) atoms. The van der Waals surface area contributed by atoms with E-state index in [2.05, 4.69) is 5.32 Å². The number of rotatable bonds is 12. The maximum atomic E-state index is 13.5. The van der Waals surface area contributed by atoms with Gasteiger partial charge in [-0.15, -0.1) is 0 Å². The van der Waals surface area contributed by atoms with Gasteiger partial charge in [-0.25, -0.2) is 8.42 Å². The number of nitrogens with one attached hydrogen (secondary N) is 1. The number of carbonyl (C=O) groups is 2. The quantitative estimate of drug-likeness (QED) is 0.451. The molecule has 0 aliphatic carbocycles. The third-order valence-corrected chi connectivity index (χ3v) is 7.13. The van der Waals surface area contributed by atoms with Crippen molar-refractivity contribution in [3.8, 4) is 0 Å². The number of aryl methyl sites for hydroxylation is 3. The second kappa shape index (κ2) is 12.9. The zero-order valence-electron chi connectivity index (χ0n) is 22.7. The topological polar surface area (TPSA) is 86.8 Å². The Morgan fingerprint density at radius 1 is 0.944 bits per heavy atom. The summed E-state index contributed by atoms with van der Waals surface area (Å²) in [6.07, 6.45) is 2.13. The zero-order valence-corrected chi connectivity index (χ0v) is 23.5. The lowest BCUT2D eigenvalue weighted by molar-refractivity contribution is -0.141. The SMILES string of the molecule is CC[C@H](C(=O)NC(C)C)N(Cc1ccc(C)cc1)C(=O)CCCN(c1cc(C)cc(C)c1)S(C)(=O)=O. The van der Waals surface area contributed by atoms with E-state index in [1.807, 2.05) is 84.0 Å². The molecule has 2 aromatic carbocycles. The van der Waals surface area contributed by atoms with Crippen LogP contribution in [0.3, 0.4) is 0 Å². The van der Waals surface area contributed by atoms with E-state index in [-0.39, 0.29) is 30.8 Å². The van der Waals surface area contributed by atoms with Gasteiger partial charge >= 0.3 is 0 Å². The molecule has 0 unspecified atom stereocenters. The first kappa shape index (κ1) is 29.4. The Kier molecular flexibility index (Phi) is 10.5. The van der Waals surface area contributed by atoms with E-state index in [1.54, 1.807) is 4.90 Å². The zero-order chi connectivity index (χ0) is 27.0. The Balaban J connectivity index is 2.23. The van der Waals surface area contributed by atoms with Gasteiger partial charge in [0.05, 0.1) is 11.9 Å². The molecule has 0 aromatic heterocycles. The van der Waals surface area contributed by atoms with Gasteiger partial charge in [0.15, 0.2) is 0 Å². The first-order chi connectivity index (χ1) is 16.8. The molecule has 0 heterocycles.